The molecule has 0 amide bonds. The third-order valence-corrected chi connectivity index (χ3v) is 2.30. The van der Waals surface area contributed by atoms with Crippen molar-refractivity contribution in [1.82, 2.24) is 0 Å². The molecule has 0 fully saturated rings. The third kappa shape index (κ3) is 3.51. The maximum absolute atomic E-state index is 8.72. The largest absolute Gasteiger partial charge is 0.493 e. The summed E-state index contributed by atoms with van der Waals surface area (Å²) >= 11 is 0. The Morgan fingerprint density at radius 2 is 1.76 bits per heavy atom. The molecule has 0 spiro atoms. The van der Waals surface area contributed by atoms with Crippen molar-refractivity contribution < 1.29 is 19.3 Å². The zero-order chi connectivity index (χ0) is 12.7. The lowest BCUT2D eigenvalue weighted by atomic mass is 10.2. The highest BCUT2D eigenvalue weighted by Gasteiger charge is 2.13. The topological polar surface area (TPSA) is 73.9 Å². The molecule has 96 valence electrons. The van der Waals surface area contributed by atoms with Crippen molar-refractivity contribution in [1.29, 1.82) is 0 Å². The summed E-state index contributed by atoms with van der Waals surface area (Å²) in [7, 11) is 3.13. The Balaban J connectivity index is 2.98. The zero-order valence-electron chi connectivity index (χ0n) is 10.2. The maximum Gasteiger partial charge on any atom is 0.203 e. The molecule has 0 atom stereocenters. The Hall–Kier alpha value is -1.46. The molecule has 0 saturated carbocycles. The summed E-state index contributed by atoms with van der Waals surface area (Å²) in [4.78, 5) is 0. The minimum absolute atomic E-state index is 0.0888. The van der Waals surface area contributed by atoms with Gasteiger partial charge in [0.15, 0.2) is 11.5 Å². The fraction of sp³-hybridized carbons (Fsp3) is 0.500. The number of aliphatic hydroxyl groups is 1. The number of rotatable bonds is 7. The second-order valence-electron chi connectivity index (χ2n) is 3.46. The minimum Gasteiger partial charge on any atom is -0.493 e. The summed E-state index contributed by atoms with van der Waals surface area (Å²) in [5, 5.41) is 8.72. The molecule has 0 aliphatic rings. The molecule has 1 rings (SSSR count). The molecule has 0 aliphatic carbocycles. The van der Waals surface area contributed by atoms with Crippen molar-refractivity contribution in [2.45, 2.75) is 13.0 Å². The smallest absolute Gasteiger partial charge is 0.203 e. The standard InChI is InChI=1S/C12H19NO4/c1-15-10-6-9(8-13)7-11(16-2)12(10)17-5-3-4-14/h6-7,14H,3-5,8,13H2,1-2H3. The Bertz CT molecular complexity index is 329. The molecule has 0 radical (unpaired) electrons. The van der Waals surface area contributed by atoms with Crippen molar-refractivity contribution in [3.8, 4) is 17.2 Å². The first-order chi connectivity index (χ1) is 8.26. The lowest BCUT2D eigenvalue weighted by Crippen LogP contribution is -2.05. The average Bonchev–Trinajstić information content (AvgIpc) is 2.38. The van der Waals surface area contributed by atoms with E-state index in [1.54, 1.807) is 14.2 Å². The molecule has 3 N–H and O–H groups in total. The molecule has 1 aromatic rings. The van der Waals surface area contributed by atoms with E-state index in [4.69, 9.17) is 25.1 Å². The highest BCUT2D eigenvalue weighted by molar-refractivity contribution is 5.53. The zero-order valence-corrected chi connectivity index (χ0v) is 10.2. The van der Waals surface area contributed by atoms with E-state index in [1.165, 1.54) is 0 Å². The molecule has 1 aromatic carbocycles. The van der Waals surface area contributed by atoms with E-state index >= 15 is 0 Å². The first kappa shape index (κ1) is 13.6. The van der Waals surface area contributed by atoms with Gasteiger partial charge in [0, 0.05) is 19.6 Å². The number of nitrogens with two attached hydrogens (primary N) is 1. The van der Waals surface area contributed by atoms with Crippen LogP contribution in [-0.4, -0.2) is 32.5 Å². The predicted octanol–water partition coefficient (Wildman–Crippen LogP) is 0.924. The summed E-state index contributed by atoms with van der Waals surface area (Å²) < 4.78 is 16.0. The van der Waals surface area contributed by atoms with Crippen LogP contribution in [0.15, 0.2) is 12.1 Å². The third-order valence-electron chi connectivity index (χ3n) is 2.30. The summed E-state index contributed by atoms with van der Waals surface area (Å²) in [5.74, 6) is 1.71. The van der Waals surface area contributed by atoms with Crippen LogP contribution in [0.4, 0.5) is 0 Å². The number of aliphatic hydroxyl groups excluding tert-OH is 1. The average molecular weight is 241 g/mol. The number of hydrogen-bond donors (Lipinski definition) is 2. The molecule has 5 heteroatoms. The summed E-state index contributed by atoms with van der Waals surface area (Å²) in [5.41, 5.74) is 6.49. The fourth-order valence-corrected chi connectivity index (χ4v) is 1.43. The quantitative estimate of drug-likeness (QED) is 0.694. The summed E-state index contributed by atoms with van der Waals surface area (Å²) in [6.45, 7) is 0.903. The van der Waals surface area contributed by atoms with E-state index in [0.717, 1.165) is 5.56 Å². The van der Waals surface area contributed by atoms with Crippen molar-refractivity contribution >= 4 is 0 Å². The van der Waals surface area contributed by atoms with Gasteiger partial charge in [-0.3, -0.25) is 0 Å². The Morgan fingerprint density at radius 3 is 2.18 bits per heavy atom. The van der Waals surface area contributed by atoms with Gasteiger partial charge < -0.3 is 25.1 Å². The van der Waals surface area contributed by atoms with Crippen LogP contribution in [0.1, 0.15) is 12.0 Å². The van der Waals surface area contributed by atoms with Gasteiger partial charge in [0.05, 0.1) is 20.8 Å². The first-order valence-electron chi connectivity index (χ1n) is 5.45. The molecular formula is C12H19NO4. The second-order valence-corrected chi connectivity index (χ2v) is 3.46. The van der Waals surface area contributed by atoms with Gasteiger partial charge in [-0.2, -0.15) is 0 Å². The second kappa shape index (κ2) is 6.98. The van der Waals surface area contributed by atoms with Crippen LogP contribution in [0.5, 0.6) is 17.2 Å². The van der Waals surface area contributed by atoms with Crippen LogP contribution >= 0.6 is 0 Å². The van der Waals surface area contributed by atoms with Gasteiger partial charge in [0.2, 0.25) is 5.75 Å². The van der Waals surface area contributed by atoms with Crippen LogP contribution in [0.3, 0.4) is 0 Å². The molecule has 5 nitrogen and oxygen atoms in total. The van der Waals surface area contributed by atoms with E-state index in [-0.39, 0.29) is 6.61 Å². The Labute approximate surface area is 101 Å². The van der Waals surface area contributed by atoms with Crippen LogP contribution in [-0.2, 0) is 6.54 Å². The maximum atomic E-state index is 8.72. The van der Waals surface area contributed by atoms with Gasteiger partial charge >= 0.3 is 0 Å². The summed E-state index contributed by atoms with van der Waals surface area (Å²) in [6.07, 6.45) is 0.560. The predicted molar refractivity (Wildman–Crippen MR) is 64.6 cm³/mol. The van der Waals surface area contributed by atoms with Crippen LogP contribution in [0.25, 0.3) is 0 Å². The van der Waals surface area contributed by atoms with Gasteiger partial charge in [-0.05, 0) is 17.7 Å². The van der Waals surface area contributed by atoms with Crippen LogP contribution < -0.4 is 19.9 Å². The fourth-order valence-electron chi connectivity index (χ4n) is 1.43. The Kier molecular flexibility index (Phi) is 5.59. The molecule has 0 unspecified atom stereocenters. The normalized spacial score (nSPS) is 10.1. The van der Waals surface area contributed by atoms with E-state index in [9.17, 15) is 0 Å². The van der Waals surface area contributed by atoms with E-state index in [0.29, 0.717) is 36.8 Å². The van der Waals surface area contributed by atoms with Gasteiger partial charge in [0.1, 0.15) is 0 Å². The number of benzene rings is 1. The lowest BCUT2D eigenvalue weighted by Gasteiger charge is -2.15. The van der Waals surface area contributed by atoms with E-state index < -0.39 is 0 Å². The highest BCUT2D eigenvalue weighted by atomic mass is 16.5. The first-order valence-corrected chi connectivity index (χ1v) is 5.45. The van der Waals surface area contributed by atoms with Crippen LogP contribution in [0, 0.1) is 0 Å². The Morgan fingerprint density at radius 1 is 1.18 bits per heavy atom. The van der Waals surface area contributed by atoms with E-state index in [2.05, 4.69) is 0 Å². The molecule has 0 heterocycles. The number of hydrogen-bond acceptors (Lipinski definition) is 5. The van der Waals surface area contributed by atoms with Crippen molar-refractivity contribution in [2.24, 2.45) is 5.73 Å². The van der Waals surface area contributed by atoms with Crippen molar-refractivity contribution in [3.05, 3.63) is 17.7 Å². The molecule has 0 aromatic heterocycles. The molecular weight excluding hydrogens is 222 g/mol. The number of methoxy groups -OCH3 is 2. The van der Waals surface area contributed by atoms with Crippen molar-refractivity contribution in [2.75, 3.05) is 27.4 Å². The monoisotopic (exact) mass is 241 g/mol. The molecule has 0 saturated heterocycles. The number of ether oxygens (including phenoxy) is 3. The minimum atomic E-state index is 0.0888. The SMILES string of the molecule is COc1cc(CN)cc(OC)c1OCCCO. The van der Waals surface area contributed by atoms with Gasteiger partial charge in [-0.15, -0.1) is 0 Å². The van der Waals surface area contributed by atoms with Gasteiger partial charge in [-0.25, -0.2) is 0 Å². The highest BCUT2D eigenvalue weighted by Crippen LogP contribution is 2.38. The van der Waals surface area contributed by atoms with Gasteiger partial charge in [-0.1, -0.05) is 0 Å². The lowest BCUT2D eigenvalue weighted by molar-refractivity contribution is 0.221. The van der Waals surface area contributed by atoms with Crippen LogP contribution in [0.2, 0.25) is 0 Å². The molecule has 0 aliphatic heterocycles. The van der Waals surface area contributed by atoms with E-state index in [1.807, 2.05) is 12.1 Å². The van der Waals surface area contributed by atoms with Gasteiger partial charge in [0.25, 0.3) is 0 Å². The molecule has 0 bridgehead atoms. The molecule has 17 heavy (non-hydrogen) atoms. The summed E-state index contributed by atoms with van der Waals surface area (Å²) in [6, 6.07) is 3.63. The van der Waals surface area contributed by atoms with Crippen molar-refractivity contribution in [3.63, 3.8) is 0 Å².